The monoisotopic (exact) mass is 265 g/mol. The van der Waals surface area contributed by atoms with Crippen LogP contribution in [0.2, 0.25) is 0 Å². The lowest BCUT2D eigenvalue weighted by atomic mass is 10.2. The lowest BCUT2D eigenvalue weighted by Gasteiger charge is -2.10. The fraction of sp³-hybridized carbons (Fsp3) is 0.333. The molecule has 2 nitrogen and oxygen atoms in total. The Labute approximate surface area is 89.1 Å². The first kappa shape index (κ1) is 11.4. The lowest BCUT2D eigenvalue weighted by Crippen LogP contribution is -2.16. The van der Waals surface area contributed by atoms with E-state index in [4.69, 9.17) is 5.11 Å². The summed E-state index contributed by atoms with van der Waals surface area (Å²) in [7, 11) is 0. The average molecular weight is 266 g/mol. The van der Waals surface area contributed by atoms with Gasteiger partial charge in [0.15, 0.2) is 0 Å². The number of anilines is 1. The molecule has 0 saturated carbocycles. The summed E-state index contributed by atoms with van der Waals surface area (Å²) >= 11 is 2.97. The normalized spacial score (nSPS) is 12.6. The van der Waals surface area contributed by atoms with Gasteiger partial charge in [-0.25, -0.2) is 8.78 Å². The van der Waals surface area contributed by atoms with E-state index in [2.05, 4.69) is 21.2 Å². The minimum absolute atomic E-state index is 0.107. The third kappa shape index (κ3) is 2.92. The molecule has 78 valence electrons. The predicted octanol–water partition coefficient (Wildman–Crippen LogP) is 2.52. The highest BCUT2D eigenvalue weighted by molar-refractivity contribution is 9.10. The van der Waals surface area contributed by atoms with Crippen LogP contribution in [0, 0.1) is 11.6 Å². The first-order chi connectivity index (χ1) is 6.50. The molecule has 0 aromatic heterocycles. The average Bonchev–Trinajstić information content (AvgIpc) is 2.01. The molecule has 0 unspecified atom stereocenters. The van der Waals surface area contributed by atoms with Crippen LogP contribution in [0.25, 0.3) is 0 Å². The molecule has 0 saturated heterocycles. The Morgan fingerprint density at radius 3 is 2.36 bits per heavy atom. The molecule has 14 heavy (non-hydrogen) atoms. The van der Waals surface area contributed by atoms with E-state index in [0.29, 0.717) is 4.47 Å². The number of benzene rings is 1. The van der Waals surface area contributed by atoms with Crippen molar-refractivity contribution in [3.05, 3.63) is 28.2 Å². The van der Waals surface area contributed by atoms with Gasteiger partial charge in [-0.2, -0.15) is 0 Å². The highest BCUT2D eigenvalue weighted by Crippen LogP contribution is 2.23. The highest BCUT2D eigenvalue weighted by Gasteiger charge is 2.10. The topological polar surface area (TPSA) is 32.3 Å². The maximum Gasteiger partial charge on any atom is 0.150 e. The van der Waals surface area contributed by atoms with Gasteiger partial charge in [-0.1, -0.05) is 15.9 Å². The van der Waals surface area contributed by atoms with Gasteiger partial charge in [-0.15, -0.1) is 0 Å². The molecule has 0 fully saturated rings. The van der Waals surface area contributed by atoms with Crippen molar-refractivity contribution in [2.75, 3.05) is 11.9 Å². The number of halogens is 3. The molecule has 0 bridgehead atoms. The van der Waals surface area contributed by atoms with Crippen molar-refractivity contribution in [1.29, 1.82) is 0 Å². The zero-order valence-corrected chi connectivity index (χ0v) is 9.11. The van der Waals surface area contributed by atoms with Gasteiger partial charge >= 0.3 is 0 Å². The number of rotatable bonds is 3. The number of aliphatic hydroxyl groups is 1. The van der Waals surface area contributed by atoms with Crippen molar-refractivity contribution in [2.24, 2.45) is 0 Å². The van der Waals surface area contributed by atoms with E-state index in [1.165, 1.54) is 6.92 Å². The molecule has 0 heterocycles. The molecule has 1 rings (SSSR count). The molecule has 0 spiro atoms. The maximum atomic E-state index is 13.1. The summed E-state index contributed by atoms with van der Waals surface area (Å²) in [6, 6.07) is 2.32. The maximum absolute atomic E-state index is 13.1. The number of hydrogen-bond acceptors (Lipinski definition) is 2. The molecule has 0 radical (unpaired) electrons. The molecule has 1 aromatic rings. The van der Waals surface area contributed by atoms with Gasteiger partial charge in [0.25, 0.3) is 0 Å². The van der Waals surface area contributed by atoms with Crippen LogP contribution in [0.1, 0.15) is 6.92 Å². The van der Waals surface area contributed by atoms with Gasteiger partial charge in [0.1, 0.15) is 17.3 Å². The standard InChI is InChI=1S/C9H10BrF2NO/c1-5(14)4-13-9-7(11)2-6(10)3-8(9)12/h2-3,5,13-14H,4H2,1H3/t5-/m1/s1. The van der Waals surface area contributed by atoms with E-state index in [-0.39, 0.29) is 12.2 Å². The molecule has 2 N–H and O–H groups in total. The summed E-state index contributed by atoms with van der Waals surface area (Å²) < 4.78 is 26.6. The van der Waals surface area contributed by atoms with Crippen LogP contribution in [0.4, 0.5) is 14.5 Å². The minimum atomic E-state index is -0.683. The predicted molar refractivity (Wildman–Crippen MR) is 54.2 cm³/mol. The van der Waals surface area contributed by atoms with Crippen molar-refractivity contribution >= 4 is 21.6 Å². The quantitative estimate of drug-likeness (QED) is 0.881. The zero-order valence-electron chi connectivity index (χ0n) is 7.52. The van der Waals surface area contributed by atoms with E-state index >= 15 is 0 Å². The Hall–Kier alpha value is -0.680. The molecular formula is C9H10BrF2NO. The Bertz CT molecular complexity index is 308. The molecule has 5 heteroatoms. The third-order valence-electron chi connectivity index (χ3n) is 1.58. The molecule has 0 aliphatic heterocycles. The largest absolute Gasteiger partial charge is 0.392 e. The second-order valence-corrected chi connectivity index (χ2v) is 3.89. The first-order valence-electron chi connectivity index (χ1n) is 4.07. The van der Waals surface area contributed by atoms with Crippen molar-refractivity contribution in [2.45, 2.75) is 13.0 Å². The SMILES string of the molecule is C[C@@H](O)CNc1c(F)cc(Br)cc1F. The van der Waals surface area contributed by atoms with Gasteiger partial charge in [0.05, 0.1) is 6.10 Å². The van der Waals surface area contributed by atoms with Crippen LogP contribution in [0.5, 0.6) is 0 Å². The van der Waals surface area contributed by atoms with E-state index in [0.717, 1.165) is 12.1 Å². The third-order valence-corrected chi connectivity index (χ3v) is 2.04. The van der Waals surface area contributed by atoms with Crippen molar-refractivity contribution in [1.82, 2.24) is 0 Å². The molecule has 0 aliphatic carbocycles. The van der Waals surface area contributed by atoms with E-state index in [1.54, 1.807) is 0 Å². The Morgan fingerprint density at radius 2 is 1.93 bits per heavy atom. The lowest BCUT2D eigenvalue weighted by molar-refractivity contribution is 0.208. The molecule has 0 aliphatic rings. The first-order valence-corrected chi connectivity index (χ1v) is 4.86. The van der Waals surface area contributed by atoms with Crippen LogP contribution < -0.4 is 5.32 Å². The van der Waals surface area contributed by atoms with Crippen molar-refractivity contribution in [3.63, 3.8) is 0 Å². The Kier molecular flexibility index (Phi) is 3.83. The Balaban J connectivity index is 2.86. The second kappa shape index (κ2) is 4.70. The van der Waals surface area contributed by atoms with Crippen molar-refractivity contribution < 1.29 is 13.9 Å². The van der Waals surface area contributed by atoms with E-state index in [1.807, 2.05) is 0 Å². The van der Waals surface area contributed by atoms with Crippen LogP contribution >= 0.6 is 15.9 Å². The molecule has 0 amide bonds. The zero-order chi connectivity index (χ0) is 10.7. The molecular weight excluding hydrogens is 256 g/mol. The van der Waals surface area contributed by atoms with E-state index in [9.17, 15) is 8.78 Å². The van der Waals surface area contributed by atoms with E-state index < -0.39 is 17.7 Å². The fourth-order valence-electron chi connectivity index (χ4n) is 0.961. The van der Waals surface area contributed by atoms with Crippen LogP contribution in [0.3, 0.4) is 0 Å². The van der Waals surface area contributed by atoms with Crippen LogP contribution in [-0.4, -0.2) is 17.8 Å². The summed E-state index contributed by atoms with van der Waals surface area (Å²) in [6.07, 6.45) is -0.655. The fourth-order valence-corrected chi connectivity index (χ4v) is 1.36. The summed E-state index contributed by atoms with van der Waals surface area (Å²) in [6.45, 7) is 1.64. The van der Waals surface area contributed by atoms with Gasteiger partial charge in [-0.05, 0) is 19.1 Å². The number of nitrogens with one attached hydrogen (secondary N) is 1. The molecule has 1 atom stereocenters. The van der Waals surface area contributed by atoms with Crippen molar-refractivity contribution in [3.8, 4) is 0 Å². The summed E-state index contributed by atoms with van der Waals surface area (Å²) in [5.41, 5.74) is -0.214. The van der Waals surface area contributed by atoms with Crippen LogP contribution in [0.15, 0.2) is 16.6 Å². The van der Waals surface area contributed by atoms with Gasteiger partial charge in [0.2, 0.25) is 0 Å². The minimum Gasteiger partial charge on any atom is -0.392 e. The van der Waals surface area contributed by atoms with Gasteiger partial charge < -0.3 is 10.4 Å². The molecule has 1 aromatic carbocycles. The Morgan fingerprint density at radius 1 is 1.43 bits per heavy atom. The summed E-state index contributed by atoms with van der Waals surface area (Å²) in [5, 5.41) is 11.4. The van der Waals surface area contributed by atoms with Crippen LogP contribution in [-0.2, 0) is 0 Å². The summed E-state index contributed by atoms with van der Waals surface area (Å²) in [4.78, 5) is 0. The number of aliphatic hydroxyl groups excluding tert-OH is 1. The van der Waals surface area contributed by atoms with Gasteiger partial charge in [-0.3, -0.25) is 0 Å². The summed E-state index contributed by atoms with van der Waals surface area (Å²) in [5.74, 6) is -1.37. The number of hydrogen-bond donors (Lipinski definition) is 2. The van der Waals surface area contributed by atoms with Gasteiger partial charge in [0, 0.05) is 11.0 Å². The smallest absolute Gasteiger partial charge is 0.150 e. The highest BCUT2D eigenvalue weighted by atomic mass is 79.9. The second-order valence-electron chi connectivity index (χ2n) is 2.97.